The van der Waals surface area contributed by atoms with Crippen molar-refractivity contribution < 1.29 is 14.3 Å². The van der Waals surface area contributed by atoms with Gasteiger partial charge in [0.2, 0.25) is 11.7 Å². The molecule has 0 unspecified atom stereocenters. The molecule has 5 aromatic rings. The number of para-hydroxylation sites is 1. The van der Waals surface area contributed by atoms with E-state index in [-0.39, 0.29) is 17.9 Å². The number of aryl methyl sites for hydroxylation is 3. The van der Waals surface area contributed by atoms with Crippen molar-refractivity contribution in [1.82, 2.24) is 19.2 Å². The molecule has 1 amide bonds. The topological polar surface area (TPSA) is 99.7 Å². The SMILES string of the molecule is COc1ccc(NC(=O)CCc2nnc3n(CCc4ccccc4)c(=O)c4ccccc4n23)cc1OC. The number of methoxy groups -OCH3 is 2. The summed E-state index contributed by atoms with van der Waals surface area (Å²) in [4.78, 5) is 26.1. The Labute approximate surface area is 213 Å². The summed E-state index contributed by atoms with van der Waals surface area (Å²) < 4.78 is 14.1. The third-order valence-electron chi connectivity index (χ3n) is 6.28. The molecule has 188 valence electrons. The van der Waals surface area contributed by atoms with E-state index in [0.717, 1.165) is 11.1 Å². The predicted molar refractivity (Wildman–Crippen MR) is 141 cm³/mol. The van der Waals surface area contributed by atoms with Crippen LogP contribution in [0.3, 0.4) is 0 Å². The monoisotopic (exact) mass is 497 g/mol. The average Bonchev–Trinajstić information content (AvgIpc) is 3.36. The number of ether oxygens (including phenoxy) is 2. The van der Waals surface area contributed by atoms with E-state index in [2.05, 4.69) is 15.5 Å². The van der Waals surface area contributed by atoms with Gasteiger partial charge in [-0.05, 0) is 36.2 Å². The smallest absolute Gasteiger partial charge is 0.262 e. The van der Waals surface area contributed by atoms with Gasteiger partial charge in [-0.15, -0.1) is 10.2 Å². The van der Waals surface area contributed by atoms with Crippen molar-refractivity contribution in [3.63, 3.8) is 0 Å². The van der Waals surface area contributed by atoms with Crippen LogP contribution in [0.2, 0.25) is 0 Å². The molecule has 3 aromatic carbocycles. The number of rotatable bonds is 9. The molecule has 9 heteroatoms. The van der Waals surface area contributed by atoms with Crippen molar-refractivity contribution >= 4 is 28.3 Å². The van der Waals surface area contributed by atoms with E-state index in [1.54, 1.807) is 37.0 Å². The van der Waals surface area contributed by atoms with Gasteiger partial charge in [-0.2, -0.15) is 0 Å². The van der Waals surface area contributed by atoms with E-state index in [1.807, 2.05) is 59.0 Å². The van der Waals surface area contributed by atoms with Gasteiger partial charge in [0, 0.05) is 31.1 Å². The highest BCUT2D eigenvalue weighted by atomic mass is 16.5. The van der Waals surface area contributed by atoms with Crippen molar-refractivity contribution in [2.75, 3.05) is 19.5 Å². The maximum atomic E-state index is 13.3. The molecule has 0 aliphatic carbocycles. The van der Waals surface area contributed by atoms with E-state index in [4.69, 9.17) is 9.47 Å². The number of anilines is 1. The van der Waals surface area contributed by atoms with Crippen LogP contribution in [0.15, 0.2) is 77.6 Å². The number of nitrogens with zero attached hydrogens (tertiary/aromatic N) is 4. The number of fused-ring (bicyclic) bond motifs is 3. The van der Waals surface area contributed by atoms with Crippen molar-refractivity contribution in [1.29, 1.82) is 0 Å². The van der Waals surface area contributed by atoms with E-state index in [1.165, 1.54) is 0 Å². The molecular weight excluding hydrogens is 470 g/mol. The Morgan fingerprint density at radius 1 is 0.892 bits per heavy atom. The fourth-order valence-electron chi connectivity index (χ4n) is 4.43. The molecule has 0 bridgehead atoms. The van der Waals surface area contributed by atoms with Gasteiger partial charge in [-0.1, -0.05) is 42.5 Å². The van der Waals surface area contributed by atoms with Crippen LogP contribution >= 0.6 is 0 Å². The number of aromatic nitrogens is 4. The summed E-state index contributed by atoms with van der Waals surface area (Å²) in [5.41, 5.74) is 2.35. The van der Waals surface area contributed by atoms with Crippen LogP contribution in [0.4, 0.5) is 5.69 Å². The number of hydrogen-bond acceptors (Lipinski definition) is 6. The van der Waals surface area contributed by atoms with Crippen molar-refractivity contribution in [2.24, 2.45) is 0 Å². The second-order valence-electron chi connectivity index (χ2n) is 8.58. The normalized spacial score (nSPS) is 11.1. The van der Waals surface area contributed by atoms with Crippen LogP contribution in [0.5, 0.6) is 11.5 Å². The zero-order valence-electron chi connectivity index (χ0n) is 20.7. The molecule has 0 saturated heterocycles. The molecule has 1 N–H and O–H groups in total. The van der Waals surface area contributed by atoms with Gasteiger partial charge in [0.15, 0.2) is 11.5 Å². The molecule has 9 nitrogen and oxygen atoms in total. The standard InChI is InChI=1S/C28H27N5O4/c1-36-23-13-12-20(18-24(23)37-2)29-26(34)15-14-25-30-31-28-32(17-16-19-8-4-3-5-9-19)27(35)21-10-6-7-11-22(21)33(25)28/h3-13,18H,14-17H2,1-2H3,(H,29,34). The highest BCUT2D eigenvalue weighted by Crippen LogP contribution is 2.29. The van der Waals surface area contributed by atoms with Gasteiger partial charge >= 0.3 is 0 Å². The third-order valence-corrected chi connectivity index (χ3v) is 6.28. The maximum absolute atomic E-state index is 13.3. The molecule has 2 aromatic heterocycles. The molecule has 0 fully saturated rings. The molecule has 0 saturated carbocycles. The van der Waals surface area contributed by atoms with Gasteiger partial charge in [0.05, 0.1) is 25.1 Å². The summed E-state index contributed by atoms with van der Waals surface area (Å²) in [6, 6.07) is 22.6. The summed E-state index contributed by atoms with van der Waals surface area (Å²) in [5, 5.41) is 12.2. The predicted octanol–water partition coefficient (Wildman–Crippen LogP) is 3.88. The van der Waals surface area contributed by atoms with E-state index >= 15 is 0 Å². The maximum Gasteiger partial charge on any atom is 0.262 e. The largest absolute Gasteiger partial charge is 0.493 e. The Hall–Kier alpha value is -4.66. The Bertz CT molecular complexity index is 1630. The van der Waals surface area contributed by atoms with E-state index < -0.39 is 0 Å². The van der Waals surface area contributed by atoms with Gasteiger partial charge in [0.25, 0.3) is 5.56 Å². The van der Waals surface area contributed by atoms with Crippen LogP contribution in [0.1, 0.15) is 17.8 Å². The second-order valence-corrected chi connectivity index (χ2v) is 8.58. The minimum Gasteiger partial charge on any atom is -0.493 e. The fourth-order valence-corrected chi connectivity index (χ4v) is 4.43. The van der Waals surface area contributed by atoms with Crippen molar-refractivity contribution in [2.45, 2.75) is 25.8 Å². The molecule has 2 heterocycles. The minimum atomic E-state index is -0.175. The fraction of sp³-hybridized carbons (Fsp3) is 0.214. The zero-order valence-corrected chi connectivity index (χ0v) is 20.7. The van der Waals surface area contributed by atoms with Gasteiger partial charge < -0.3 is 14.8 Å². The zero-order chi connectivity index (χ0) is 25.8. The van der Waals surface area contributed by atoms with Crippen LogP contribution in [0.25, 0.3) is 16.7 Å². The lowest BCUT2D eigenvalue weighted by Gasteiger charge is -2.12. The van der Waals surface area contributed by atoms with Crippen LogP contribution in [-0.4, -0.2) is 39.3 Å². The average molecular weight is 498 g/mol. The third kappa shape index (κ3) is 4.88. The lowest BCUT2D eigenvalue weighted by Crippen LogP contribution is -2.24. The lowest BCUT2D eigenvalue weighted by molar-refractivity contribution is -0.116. The first-order chi connectivity index (χ1) is 18.1. The Morgan fingerprint density at radius 2 is 1.65 bits per heavy atom. The van der Waals surface area contributed by atoms with Gasteiger partial charge in [-0.3, -0.25) is 18.6 Å². The van der Waals surface area contributed by atoms with Crippen molar-refractivity contribution in [3.8, 4) is 11.5 Å². The van der Waals surface area contributed by atoms with E-state index in [0.29, 0.717) is 53.6 Å². The number of benzene rings is 3. The highest BCUT2D eigenvalue weighted by molar-refractivity contribution is 5.91. The molecular formula is C28H27N5O4. The minimum absolute atomic E-state index is 0.107. The number of carbonyl (C=O) groups excluding carboxylic acids is 1. The lowest BCUT2D eigenvalue weighted by atomic mass is 10.1. The first kappa shape index (κ1) is 24.1. The first-order valence-corrected chi connectivity index (χ1v) is 12.0. The summed E-state index contributed by atoms with van der Waals surface area (Å²) >= 11 is 0. The Morgan fingerprint density at radius 3 is 2.43 bits per heavy atom. The summed E-state index contributed by atoms with van der Waals surface area (Å²) in [6.45, 7) is 0.467. The quantitative estimate of drug-likeness (QED) is 0.332. The van der Waals surface area contributed by atoms with Crippen LogP contribution in [0, 0.1) is 0 Å². The molecule has 0 aliphatic rings. The van der Waals surface area contributed by atoms with E-state index in [9.17, 15) is 9.59 Å². The number of nitrogens with one attached hydrogen (secondary N) is 1. The van der Waals surface area contributed by atoms with Crippen LogP contribution < -0.4 is 20.3 Å². The van der Waals surface area contributed by atoms with Gasteiger partial charge in [-0.25, -0.2) is 0 Å². The Kier molecular flexibility index (Phi) is 6.85. The van der Waals surface area contributed by atoms with Gasteiger partial charge in [0.1, 0.15) is 5.82 Å². The number of amides is 1. The molecule has 37 heavy (non-hydrogen) atoms. The van der Waals surface area contributed by atoms with Crippen molar-refractivity contribution in [3.05, 3.63) is 94.5 Å². The second kappa shape index (κ2) is 10.5. The molecule has 0 radical (unpaired) electrons. The summed E-state index contributed by atoms with van der Waals surface area (Å²) in [5.74, 6) is 2.02. The first-order valence-electron chi connectivity index (χ1n) is 12.0. The van der Waals surface area contributed by atoms with Crippen LogP contribution in [-0.2, 0) is 24.2 Å². The molecule has 0 spiro atoms. The summed E-state index contributed by atoms with van der Waals surface area (Å²) in [7, 11) is 3.10. The molecule has 5 rings (SSSR count). The Balaban J connectivity index is 1.41. The summed E-state index contributed by atoms with van der Waals surface area (Å²) in [6.07, 6.45) is 1.22. The number of hydrogen-bond donors (Lipinski definition) is 1. The molecule has 0 atom stereocenters. The number of carbonyl (C=O) groups is 1. The highest BCUT2D eigenvalue weighted by Gasteiger charge is 2.17. The molecule has 0 aliphatic heterocycles.